The molecule has 5 N–H and O–H groups in total. The zero-order valence-corrected chi connectivity index (χ0v) is 23.9. The van der Waals surface area contributed by atoms with Crippen molar-refractivity contribution in [1.82, 2.24) is 26.8 Å². The summed E-state index contributed by atoms with van der Waals surface area (Å²) in [5, 5.41) is 10.0. The summed E-state index contributed by atoms with van der Waals surface area (Å²) in [6.45, 7) is 6.78. The number of benzene rings is 3. The number of hydrazine groups is 1. The predicted molar refractivity (Wildman–Crippen MR) is 158 cm³/mol. The lowest BCUT2D eigenvalue weighted by molar-refractivity contribution is -0.139. The molecule has 0 aliphatic heterocycles. The summed E-state index contributed by atoms with van der Waals surface area (Å²) in [5.41, 5.74) is 5.38. The van der Waals surface area contributed by atoms with Crippen molar-refractivity contribution >= 4 is 40.5 Å². The summed E-state index contributed by atoms with van der Waals surface area (Å²) < 4.78 is 4.98. The third-order valence-electron chi connectivity index (χ3n) is 5.88. The zero-order chi connectivity index (χ0) is 30.7. The summed E-state index contributed by atoms with van der Waals surface area (Å²) in [5.74, 6) is -2.80. The minimum Gasteiger partial charge on any atom is -0.443 e. The van der Waals surface area contributed by atoms with Gasteiger partial charge in [-0.3, -0.25) is 24.6 Å². The molecule has 0 saturated heterocycles. The van der Waals surface area contributed by atoms with Crippen molar-refractivity contribution < 1.29 is 28.7 Å². The van der Waals surface area contributed by atoms with Crippen molar-refractivity contribution in [2.45, 2.75) is 45.9 Å². The van der Waals surface area contributed by atoms with E-state index in [1.807, 2.05) is 49.4 Å². The molecule has 42 heavy (non-hydrogen) atoms. The first-order chi connectivity index (χ1) is 19.9. The fraction of sp³-hybridized carbons (Fsp3) is 0.258. The fourth-order valence-electron chi connectivity index (χ4n) is 3.99. The van der Waals surface area contributed by atoms with Crippen LogP contribution >= 0.6 is 0 Å². The Labute approximate surface area is 244 Å². The van der Waals surface area contributed by atoms with Crippen LogP contribution in [-0.2, 0) is 25.7 Å². The van der Waals surface area contributed by atoms with E-state index < -0.39 is 29.4 Å². The Hall–Kier alpha value is -5.19. The second-order valence-corrected chi connectivity index (χ2v) is 10.3. The van der Waals surface area contributed by atoms with Gasteiger partial charge in [0.05, 0.1) is 6.04 Å². The highest BCUT2D eigenvalue weighted by Crippen LogP contribution is 2.24. The van der Waals surface area contributed by atoms with Gasteiger partial charge in [0, 0.05) is 24.7 Å². The van der Waals surface area contributed by atoms with Gasteiger partial charge < -0.3 is 20.7 Å². The predicted octanol–water partition coefficient (Wildman–Crippen LogP) is 3.18. The van der Waals surface area contributed by atoms with Crippen LogP contribution in [0.15, 0.2) is 78.9 Å². The Morgan fingerprint density at radius 1 is 0.833 bits per heavy atom. The van der Waals surface area contributed by atoms with Crippen LogP contribution < -0.4 is 26.8 Å². The number of rotatable bonds is 8. The maximum Gasteiger partial charge on any atom is 0.426 e. The van der Waals surface area contributed by atoms with Gasteiger partial charge >= 0.3 is 17.9 Å². The van der Waals surface area contributed by atoms with E-state index in [9.17, 15) is 24.0 Å². The van der Waals surface area contributed by atoms with E-state index in [0.29, 0.717) is 11.1 Å². The van der Waals surface area contributed by atoms with Crippen LogP contribution in [0.25, 0.3) is 10.8 Å². The van der Waals surface area contributed by atoms with Crippen LogP contribution in [0.4, 0.5) is 4.79 Å². The van der Waals surface area contributed by atoms with E-state index in [4.69, 9.17) is 4.74 Å². The Morgan fingerprint density at radius 2 is 1.50 bits per heavy atom. The molecule has 0 saturated carbocycles. The van der Waals surface area contributed by atoms with Crippen molar-refractivity contribution in [1.29, 1.82) is 0 Å². The number of nitrogens with one attached hydrogen (secondary N) is 5. The fourth-order valence-corrected chi connectivity index (χ4v) is 3.99. The molecule has 0 spiro atoms. The first-order valence-corrected chi connectivity index (χ1v) is 13.3. The van der Waals surface area contributed by atoms with E-state index in [2.05, 4.69) is 26.8 Å². The van der Waals surface area contributed by atoms with E-state index in [0.717, 1.165) is 22.4 Å². The lowest BCUT2D eigenvalue weighted by atomic mass is 9.99. The number of carbonyl (C=O) groups excluding carboxylic acids is 5. The molecule has 3 aromatic carbocycles. The smallest absolute Gasteiger partial charge is 0.426 e. The molecule has 1 atom stereocenters. The average molecular weight is 574 g/mol. The van der Waals surface area contributed by atoms with Crippen LogP contribution in [0.1, 0.15) is 55.2 Å². The second-order valence-electron chi connectivity index (χ2n) is 10.3. The lowest BCUT2D eigenvalue weighted by Crippen LogP contribution is -2.43. The van der Waals surface area contributed by atoms with Gasteiger partial charge in [0.1, 0.15) is 5.60 Å². The highest BCUT2D eigenvalue weighted by molar-refractivity contribution is 6.35. The summed E-state index contributed by atoms with van der Waals surface area (Å²) >= 11 is 0. The molecule has 0 aliphatic rings. The Kier molecular flexibility index (Phi) is 10.8. The van der Waals surface area contributed by atoms with Crippen LogP contribution in [0.3, 0.4) is 0 Å². The summed E-state index contributed by atoms with van der Waals surface area (Å²) in [6, 6.07) is 20.4. The molecular weight excluding hydrogens is 538 g/mol. The lowest BCUT2D eigenvalue weighted by Gasteiger charge is -2.19. The molecule has 220 valence electrons. The number of fused-ring (bicyclic) bond motifs is 1. The molecule has 0 fully saturated rings. The van der Waals surface area contributed by atoms with Crippen molar-refractivity contribution in [2.24, 2.45) is 0 Å². The summed E-state index contributed by atoms with van der Waals surface area (Å²) in [7, 11) is 0. The first-order valence-electron chi connectivity index (χ1n) is 13.3. The minimum atomic E-state index is -0.918. The van der Waals surface area contributed by atoms with E-state index >= 15 is 0 Å². The quantitative estimate of drug-likeness (QED) is 0.158. The molecule has 11 nitrogen and oxygen atoms in total. The Morgan fingerprint density at radius 3 is 2.26 bits per heavy atom. The SMILES string of the molecule is C[C@@H](NC(=O)c1ccccc1CNC(=O)C(=O)NC/C=C/C(=O)NNC(=O)OC(C)(C)C)c1cccc2ccccc12. The van der Waals surface area contributed by atoms with E-state index in [1.165, 1.54) is 6.08 Å². The molecule has 3 rings (SSSR count). The molecule has 5 amide bonds. The number of carbonyl (C=O) groups is 5. The topological polar surface area (TPSA) is 155 Å². The monoisotopic (exact) mass is 573 g/mol. The van der Waals surface area contributed by atoms with Gasteiger partial charge in [0.15, 0.2) is 0 Å². The summed E-state index contributed by atoms with van der Waals surface area (Å²) in [6.07, 6.45) is 1.55. The van der Waals surface area contributed by atoms with Crippen molar-refractivity contribution in [2.75, 3.05) is 6.54 Å². The van der Waals surface area contributed by atoms with Crippen LogP contribution in [0.5, 0.6) is 0 Å². The van der Waals surface area contributed by atoms with E-state index in [1.54, 1.807) is 45.0 Å². The van der Waals surface area contributed by atoms with Crippen molar-refractivity contribution in [3.05, 3.63) is 95.6 Å². The largest absolute Gasteiger partial charge is 0.443 e. The van der Waals surface area contributed by atoms with Gasteiger partial charge in [-0.05, 0) is 55.7 Å². The van der Waals surface area contributed by atoms with Gasteiger partial charge in [0.2, 0.25) is 0 Å². The maximum absolute atomic E-state index is 13.2. The third kappa shape index (κ3) is 9.47. The van der Waals surface area contributed by atoms with Gasteiger partial charge in [-0.1, -0.05) is 66.7 Å². The number of ether oxygens (including phenoxy) is 1. The molecule has 0 bridgehead atoms. The standard InChI is InChI=1S/C31H35N5O6/c1-20(23-16-9-13-21-11-5-7-14-24(21)23)34-27(38)25-15-8-6-12-22(25)19-33-29(40)28(39)32-18-10-17-26(37)35-36-30(41)42-31(2,3)4/h5-17,20H,18-19H2,1-4H3,(H,32,39)(H,33,40)(H,34,38)(H,35,37)(H,36,41)/b17-10+/t20-/m1/s1. The Balaban J connectivity index is 1.48. The second kappa shape index (κ2) is 14.4. The maximum atomic E-state index is 13.2. The molecule has 0 heterocycles. The van der Waals surface area contributed by atoms with Crippen molar-refractivity contribution in [3.63, 3.8) is 0 Å². The van der Waals surface area contributed by atoms with Crippen LogP contribution in [-0.4, -0.2) is 41.9 Å². The molecule has 11 heteroatoms. The zero-order valence-electron chi connectivity index (χ0n) is 23.9. The number of amides is 5. The third-order valence-corrected chi connectivity index (χ3v) is 5.88. The highest BCUT2D eigenvalue weighted by atomic mass is 16.6. The highest BCUT2D eigenvalue weighted by Gasteiger charge is 2.18. The van der Waals surface area contributed by atoms with E-state index in [-0.39, 0.29) is 25.0 Å². The van der Waals surface area contributed by atoms with Gasteiger partial charge in [0.25, 0.3) is 11.8 Å². The number of hydrogen-bond acceptors (Lipinski definition) is 6. The van der Waals surface area contributed by atoms with Crippen LogP contribution in [0.2, 0.25) is 0 Å². The number of hydrogen-bond donors (Lipinski definition) is 5. The molecule has 0 radical (unpaired) electrons. The molecule has 3 aromatic rings. The Bertz CT molecular complexity index is 1490. The average Bonchev–Trinajstić information content (AvgIpc) is 2.95. The van der Waals surface area contributed by atoms with Crippen LogP contribution in [0, 0.1) is 0 Å². The van der Waals surface area contributed by atoms with Gasteiger partial charge in [-0.2, -0.15) is 0 Å². The van der Waals surface area contributed by atoms with Gasteiger partial charge in [-0.25, -0.2) is 10.2 Å². The van der Waals surface area contributed by atoms with Crippen molar-refractivity contribution in [3.8, 4) is 0 Å². The summed E-state index contributed by atoms with van der Waals surface area (Å²) in [4.78, 5) is 60.9. The normalized spacial score (nSPS) is 11.8. The molecule has 0 aliphatic carbocycles. The molecule has 0 unspecified atom stereocenters. The molecular formula is C31H35N5O6. The first kappa shape index (κ1) is 31.3. The van der Waals surface area contributed by atoms with Gasteiger partial charge in [-0.15, -0.1) is 0 Å². The molecule has 0 aromatic heterocycles. The minimum absolute atomic E-state index is 0.0485.